The fourth-order valence-corrected chi connectivity index (χ4v) is 3.27. The molecule has 1 atom stereocenters. The van der Waals surface area contributed by atoms with Crippen molar-refractivity contribution in [3.63, 3.8) is 0 Å². The van der Waals surface area contributed by atoms with Gasteiger partial charge in [-0.25, -0.2) is 0 Å². The molecule has 1 amide bonds. The minimum absolute atomic E-state index is 0. The Hall–Kier alpha value is -2.64. The van der Waals surface area contributed by atoms with Crippen LogP contribution in [0.25, 0.3) is 11.4 Å². The maximum absolute atomic E-state index is 12.9. The van der Waals surface area contributed by atoms with Gasteiger partial charge >= 0.3 is 0 Å². The molecule has 7 nitrogen and oxygen atoms in total. The van der Waals surface area contributed by atoms with Gasteiger partial charge < -0.3 is 19.6 Å². The summed E-state index contributed by atoms with van der Waals surface area (Å²) in [6.07, 6.45) is 4.21. The van der Waals surface area contributed by atoms with E-state index in [2.05, 4.69) is 10.1 Å². The average molecular weight is 389 g/mol. The van der Waals surface area contributed by atoms with E-state index in [1.165, 1.54) is 6.26 Å². The van der Waals surface area contributed by atoms with Crippen molar-refractivity contribution in [2.24, 2.45) is 5.73 Å². The van der Waals surface area contributed by atoms with Crippen molar-refractivity contribution in [1.29, 1.82) is 0 Å². The standard InChI is InChI=1S/C19H20N4O3.ClH/c20-11-15-10-14(12-25-15)19(24)23-9-5-4-8-16(23)18-21-17(22-26-18)13-6-2-1-3-7-13;/h1-3,6-7,10,12,16H,4-5,8-9,11,20H2;1H. The van der Waals surface area contributed by atoms with Crippen molar-refractivity contribution < 1.29 is 13.7 Å². The molecule has 1 fully saturated rings. The van der Waals surface area contributed by atoms with Crippen LogP contribution >= 0.6 is 12.4 Å². The first-order valence-electron chi connectivity index (χ1n) is 8.73. The second-order valence-corrected chi connectivity index (χ2v) is 6.34. The summed E-state index contributed by atoms with van der Waals surface area (Å²) < 4.78 is 10.8. The summed E-state index contributed by atoms with van der Waals surface area (Å²) in [5.74, 6) is 1.50. The van der Waals surface area contributed by atoms with Crippen molar-refractivity contribution in [1.82, 2.24) is 15.0 Å². The number of amides is 1. The molecule has 8 heteroatoms. The number of halogens is 1. The molecule has 1 aliphatic heterocycles. The van der Waals surface area contributed by atoms with E-state index < -0.39 is 0 Å². The second kappa shape index (κ2) is 8.37. The number of likely N-dealkylation sites (tertiary alicyclic amines) is 1. The second-order valence-electron chi connectivity index (χ2n) is 6.34. The van der Waals surface area contributed by atoms with Crippen molar-refractivity contribution in [2.45, 2.75) is 31.8 Å². The predicted molar refractivity (Wildman–Crippen MR) is 101 cm³/mol. The molecule has 1 aromatic carbocycles. The van der Waals surface area contributed by atoms with Crippen LogP contribution in [0.3, 0.4) is 0 Å². The minimum Gasteiger partial charge on any atom is -0.467 e. The normalized spacial score (nSPS) is 16.8. The number of hydrogen-bond acceptors (Lipinski definition) is 6. The van der Waals surface area contributed by atoms with Gasteiger partial charge in [0.1, 0.15) is 18.1 Å². The summed E-state index contributed by atoms with van der Waals surface area (Å²) in [4.78, 5) is 19.3. The average Bonchev–Trinajstić information content (AvgIpc) is 3.38. The molecule has 3 aromatic rings. The summed E-state index contributed by atoms with van der Waals surface area (Å²) in [5.41, 5.74) is 6.95. The van der Waals surface area contributed by atoms with Crippen LogP contribution in [-0.4, -0.2) is 27.5 Å². The van der Waals surface area contributed by atoms with Crippen LogP contribution in [0.15, 0.2) is 51.6 Å². The molecule has 142 valence electrons. The summed E-state index contributed by atoms with van der Waals surface area (Å²) in [6.45, 7) is 0.913. The molecule has 3 heterocycles. The molecule has 2 aromatic heterocycles. The molecule has 0 bridgehead atoms. The summed E-state index contributed by atoms with van der Waals surface area (Å²) in [6, 6.07) is 11.1. The summed E-state index contributed by atoms with van der Waals surface area (Å²) >= 11 is 0. The lowest BCUT2D eigenvalue weighted by Crippen LogP contribution is -2.38. The molecule has 1 saturated heterocycles. The first-order chi connectivity index (χ1) is 12.8. The highest BCUT2D eigenvalue weighted by molar-refractivity contribution is 5.94. The third-order valence-electron chi connectivity index (χ3n) is 4.62. The largest absolute Gasteiger partial charge is 0.467 e. The molecular weight excluding hydrogens is 368 g/mol. The predicted octanol–water partition coefficient (Wildman–Crippen LogP) is 3.58. The quantitative estimate of drug-likeness (QED) is 0.733. The number of piperidine rings is 1. The first kappa shape index (κ1) is 19.1. The van der Waals surface area contributed by atoms with E-state index in [0.717, 1.165) is 24.8 Å². The van der Waals surface area contributed by atoms with Crippen LogP contribution in [0.4, 0.5) is 0 Å². The van der Waals surface area contributed by atoms with E-state index in [1.807, 2.05) is 30.3 Å². The maximum atomic E-state index is 12.9. The molecule has 27 heavy (non-hydrogen) atoms. The van der Waals surface area contributed by atoms with Gasteiger partial charge in [-0.2, -0.15) is 4.98 Å². The Balaban J connectivity index is 0.00000210. The van der Waals surface area contributed by atoms with E-state index >= 15 is 0 Å². The monoisotopic (exact) mass is 388 g/mol. The zero-order valence-electron chi connectivity index (χ0n) is 14.7. The van der Waals surface area contributed by atoms with Crippen LogP contribution in [-0.2, 0) is 6.54 Å². The van der Waals surface area contributed by atoms with Crippen LogP contribution in [0.2, 0.25) is 0 Å². The Bertz CT molecular complexity index is 893. The zero-order valence-corrected chi connectivity index (χ0v) is 15.5. The van der Waals surface area contributed by atoms with Gasteiger partial charge in [0.05, 0.1) is 12.1 Å². The molecule has 0 aliphatic carbocycles. The van der Waals surface area contributed by atoms with Crippen molar-refractivity contribution >= 4 is 18.3 Å². The number of hydrogen-bond donors (Lipinski definition) is 1. The van der Waals surface area contributed by atoms with Gasteiger partial charge in [-0.05, 0) is 25.3 Å². The van der Waals surface area contributed by atoms with E-state index in [1.54, 1.807) is 11.0 Å². The highest BCUT2D eigenvalue weighted by atomic mass is 35.5. The fourth-order valence-electron chi connectivity index (χ4n) is 3.27. The van der Waals surface area contributed by atoms with Gasteiger partial charge in [0, 0.05) is 12.1 Å². The van der Waals surface area contributed by atoms with E-state index in [-0.39, 0.29) is 30.9 Å². The van der Waals surface area contributed by atoms with Gasteiger partial charge in [-0.15, -0.1) is 12.4 Å². The van der Waals surface area contributed by atoms with E-state index in [4.69, 9.17) is 14.7 Å². The number of benzene rings is 1. The van der Waals surface area contributed by atoms with Gasteiger partial charge in [-0.3, -0.25) is 4.79 Å². The van der Waals surface area contributed by atoms with Crippen molar-refractivity contribution in [3.05, 3.63) is 59.9 Å². The van der Waals surface area contributed by atoms with Gasteiger partial charge in [0.15, 0.2) is 0 Å². The maximum Gasteiger partial charge on any atom is 0.257 e. The van der Waals surface area contributed by atoms with Crippen LogP contribution in [0, 0.1) is 0 Å². The molecule has 0 spiro atoms. The number of carbonyl (C=O) groups excluding carboxylic acids is 1. The molecule has 0 saturated carbocycles. The Kier molecular flexibility index (Phi) is 5.93. The lowest BCUT2D eigenvalue weighted by Gasteiger charge is -2.33. The molecule has 0 radical (unpaired) electrons. The third-order valence-corrected chi connectivity index (χ3v) is 4.62. The minimum atomic E-state index is -0.225. The highest BCUT2D eigenvalue weighted by Crippen LogP contribution is 2.32. The van der Waals surface area contributed by atoms with Crippen molar-refractivity contribution in [2.75, 3.05) is 6.54 Å². The van der Waals surface area contributed by atoms with Gasteiger partial charge in [0.25, 0.3) is 5.91 Å². The highest BCUT2D eigenvalue weighted by Gasteiger charge is 2.33. The van der Waals surface area contributed by atoms with E-state index in [9.17, 15) is 4.79 Å². The Morgan fingerprint density at radius 1 is 1.26 bits per heavy atom. The lowest BCUT2D eigenvalue weighted by molar-refractivity contribution is 0.0560. The Morgan fingerprint density at radius 3 is 2.81 bits per heavy atom. The Labute approximate surface area is 162 Å². The SMILES string of the molecule is Cl.NCc1cc(C(=O)N2CCCCC2c2nc(-c3ccccc3)no2)co1. The summed E-state index contributed by atoms with van der Waals surface area (Å²) in [5, 5.41) is 4.09. The molecular formula is C19H21ClN4O3. The number of nitrogens with two attached hydrogens (primary N) is 1. The lowest BCUT2D eigenvalue weighted by atomic mass is 10.0. The Morgan fingerprint density at radius 2 is 2.07 bits per heavy atom. The number of aromatic nitrogens is 2. The van der Waals surface area contributed by atoms with E-state index in [0.29, 0.717) is 29.6 Å². The topological polar surface area (TPSA) is 98.4 Å². The zero-order chi connectivity index (χ0) is 17.9. The molecule has 2 N–H and O–H groups in total. The number of furan rings is 1. The molecule has 1 unspecified atom stereocenters. The summed E-state index contributed by atoms with van der Waals surface area (Å²) in [7, 11) is 0. The smallest absolute Gasteiger partial charge is 0.257 e. The number of carbonyl (C=O) groups is 1. The fraction of sp³-hybridized carbons (Fsp3) is 0.316. The van der Waals surface area contributed by atoms with Crippen molar-refractivity contribution in [3.8, 4) is 11.4 Å². The van der Waals surface area contributed by atoms with Crippen LogP contribution in [0.5, 0.6) is 0 Å². The number of nitrogens with zero attached hydrogens (tertiary/aromatic N) is 3. The van der Waals surface area contributed by atoms with Gasteiger partial charge in [0.2, 0.25) is 11.7 Å². The molecule has 4 rings (SSSR count). The molecule has 1 aliphatic rings. The third kappa shape index (κ3) is 3.89. The van der Waals surface area contributed by atoms with Gasteiger partial charge in [-0.1, -0.05) is 35.5 Å². The van der Waals surface area contributed by atoms with Crippen LogP contribution in [0.1, 0.15) is 47.3 Å². The number of rotatable bonds is 4. The van der Waals surface area contributed by atoms with Crippen LogP contribution < -0.4 is 5.73 Å². The first-order valence-corrected chi connectivity index (χ1v) is 8.73.